The maximum atomic E-state index is 14.3. The lowest BCUT2D eigenvalue weighted by Crippen LogP contribution is -2.06. The van der Waals surface area contributed by atoms with E-state index in [9.17, 15) is 18.4 Å². The number of hydrogen-bond acceptors (Lipinski definition) is 5. The molecule has 0 N–H and O–H groups in total. The van der Waals surface area contributed by atoms with Crippen molar-refractivity contribution >= 4 is 11.9 Å². The van der Waals surface area contributed by atoms with Crippen molar-refractivity contribution < 1.29 is 32.6 Å². The quantitative estimate of drug-likeness (QED) is 0.299. The molecule has 0 heterocycles. The second-order valence-corrected chi connectivity index (χ2v) is 5.46. The molecule has 0 aliphatic carbocycles. The highest BCUT2D eigenvalue weighted by molar-refractivity contribution is 5.87. The van der Waals surface area contributed by atoms with Crippen LogP contribution >= 0.6 is 0 Å². The molecule has 0 saturated heterocycles. The van der Waals surface area contributed by atoms with E-state index < -0.39 is 29.3 Å². The van der Waals surface area contributed by atoms with E-state index in [0.717, 1.165) is 24.7 Å². The van der Waals surface area contributed by atoms with Crippen LogP contribution in [0.5, 0.6) is 11.5 Å². The largest absolute Gasteiger partial charge is 0.462 e. The normalized spacial score (nSPS) is 10.4. The van der Waals surface area contributed by atoms with Crippen molar-refractivity contribution in [1.82, 2.24) is 0 Å². The van der Waals surface area contributed by atoms with Gasteiger partial charge in [-0.3, -0.25) is 0 Å². The second kappa shape index (κ2) is 9.27. The van der Waals surface area contributed by atoms with Gasteiger partial charge in [-0.05, 0) is 36.8 Å². The molecular weight excluding hydrogens is 370 g/mol. The highest BCUT2D eigenvalue weighted by Crippen LogP contribution is 2.31. The second-order valence-electron chi connectivity index (χ2n) is 5.46. The Morgan fingerprint density at radius 2 is 1.68 bits per heavy atom. The zero-order valence-corrected chi connectivity index (χ0v) is 14.9. The number of rotatable bonds is 7. The van der Waals surface area contributed by atoms with Crippen LogP contribution in [0.25, 0.3) is 11.1 Å². The van der Waals surface area contributed by atoms with E-state index in [1.54, 1.807) is 0 Å². The molecule has 0 radical (unpaired) electrons. The zero-order chi connectivity index (χ0) is 20.7. The van der Waals surface area contributed by atoms with Gasteiger partial charge in [-0.15, -0.1) is 0 Å². The van der Waals surface area contributed by atoms with E-state index in [-0.39, 0.29) is 11.1 Å². The third kappa shape index (κ3) is 5.14. The van der Waals surface area contributed by atoms with Crippen molar-refractivity contribution in [3.63, 3.8) is 0 Å². The summed E-state index contributed by atoms with van der Waals surface area (Å²) in [7, 11) is 0. The number of esters is 2. The summed E-state index contributed by atoms with van der Waals surface area (Å²) in [5.41, 5.74) is 0.602. The lowest BCUT2D eigenvalue weighted by Gasteiger charge is -2.09. The molecule has 144 valence electrons. The molecule has 2 aromatic carbocycles. The molecule has 0 aliphatic rings. The smallest absolute Gasteiger partial charge is 0.338 e. The average molecular weight is 386 g/mol. The van der Waals surface area contributed by atoms with Gasteiger partial charge in [0.15, 0.2) is 11.6 Å². The molecule has 7 heteroatoms. The summed E-state index contributed by atoms with van der Waals surface area (Å²) >= 11 is 0. The van der Waals surface area contributed by atoms with E-state index in [1.165, 1.54) is 37.3 Å². The molecule has 0 saturated carbocycles. The van der Waals surface area contributed by atoms with E-state index in [4.69, 9.17) is 9.47 Å². The molecule has 2 aromatic rings. The first-order valence-corrected chi connectivity index (χ1v) is 7.94. The predicted molar refractivity (Wildman–Crippen MR) is 98.3 cm³/mol. The summed E-state index contributed by atoms with van der Waals surface area (Å²) in [5.74, 6) is -4.07. The minimum atomic E-state index is -1.28. The van der Waals surface area contributed by atoms with Gasteiger partial charge in [0, 0.05) is 17.2 Å². The summed E-state index contributed by atoms with van der Waals surface area (Å²) in [6, 6.07) is 8.49. The Kier molecular flexibility index (Phi) is 6.81. The number of benzene rings is 2. The summed E-state index contributed by atoms with van der Waals surface area (Å²) < 4.78 is 43.0. The van der Waals surface area contributed by atoms with Crippen LogP contribution in [0.1, 0.15) is 6.92 Å². The van der Waals surface area contributed by atoms with Gasteiger partial charge in [-0.2, -0.15) is 4.39 Å². The monoisotopic (exact) mass is 386 g/mol. The van der Waals surface area contributed by atoms with Gasteiger partial charge in [0.2, 0.25) is 5.82 Å². The molecule has 0 fully saturated rings. The van der Waals surface area contributed by atoms with E-state index >= 15 is 0 Å². The molecule has 28 heavy (non-hydrogen) atoms. The van der Waals surface area contributed by atoms with E-state index in [1.807, 2.05) is 0 Å². The van der Waals surface area contributed by atoms with E-state index in [0.29, 0.717) is 11.3 Å². The molecule has 5 nitrogen and oxygen atoms in total. The van der Waals surface area contributed by atoms with Crippen LogP contribution in [0.3, 0.4) is 0 Å². The van der Waals surface area contributed by atoms with Gasteiger partial charge >= 0.3 is 11.9 Å². The molecule has 2 rings (SSSR count). The van der Waals surface area contributed by atoms with E-state index in [2.05, 4.69) is 17.9 Å². The van der Waals surface area contributed by atoms with Crippen molar-refractivity contribution in [3.05, 3.63) is 85.4 Å². The Bertz CT molecular complexity index is 946. The number of carbonyl (C=O) groups excluding carboxylic acids is 2. The van der Waals surface area contributed by atoms with Gasteiger partial charge in [-0.1, -0.05) is 25.3 Å². The molecule has 0 aliphatic heterocycles. The standard InChI is InChI=1S/C21H16F2O5/c1-4-18(24)28-17-10-9-16(19(22)20(17)23)14-5-7-15(8-6-14)26-11-12-27-21(25)13(2)3/h4-12H,1-2H2,3H3. The Labute approximate surface area is 160 Å². The lowest BCUT2D eigenvalue weighted by molar-refractivity contribution is -0.133. The van der Waals surface area contributed by atoms with Gasteiger partial charge < -0.3 is 14.2 Å². The molecule has 0 unspecified atom stereocenters. The molecule has 0 spiro atoms. The fourth-order valence-electron chi connectivity index (χ4n) is 1.99. The fraction of sp³-hybridized carbons (Fsp3) is 0.0476. The first-order valence-electron chi connectivity index (χ1n) is 7.94. The summed E-state index contributed by atoms with van der Waals surface area (Å²) in [5, 5.41) is 0. The van der Waals surface area contributed by atoms with Gasteiger partial charge in [0.1, 0.15) is 18.3 Å². The van der Waals surface area contributed by atoms with Crippen LogP contribution < -0.4 is 9.47 Å². The molecular formula is C21H16F2O5. The van der Waals surface area contributed by atoms with Crippen molar-refractivity contribution in [2.75, 3.05) is 0 Å². The highest BCUT2D eigenvalue weighted by atomic mass is 19.2. The topological polar surface area (TPSA) is 61.8 Å². The van der Waals surface area contributed by atoms with Crippen LogP contribution in [0.4, 0.5) is 8.78 Å². The summed E-state index contributed by atoms with van der Waals surface area (Å²) in [6.07, 6.45) is 3.06. The number of carbonyl (C=O) groups is 2. The minimum absolute atomic E-state index is 0.0200. The van der Waals surface area contributed by atoms with Gasteiger partial charge in [-0.25, -0.2) is 14.0 Å². The maximum absolute atomic E-state index is 14.3. The Hall–Kier alpha value is -3.74. The lowest BCUT2D eigenvalue weighted by atomic mass is 10.0. The van der Waals surface area contributed by atoms with Crippen molar-refractivity contribution in [2.24, 2.45) is 0 Å². The number of hydrogen-bond donors (Lipinski definition) is 0. The first kappa shape index (κ1) is 20.6. The Morgan fingerprint density at radius 3 is 2.29 bits per heavy atom. The third-order valence-corrected chi connectivity index (χ3v) is 3.37. The SMILES string of the molecule is C=CC(=O)Oc1ccc(-c2ccc(OC=COC(=O)C(=C)C)cc2)c(F)c1F. The van der Waals surface area contributed by atoms with Crippen LogP contribution in [0.2, 0.25) is 0 Å². The first-order chi connectivity index (χ1) is 13.3. The van der Waals surface area contributed by atoms with Crippen LogP contribution in [-0.4, -0.2) is 11.9 Å². The molecule has 0 aromatic heterocycles. The van der Waals surface area contributed by atoms with Crippen LogP contribution in [-0.2, 0) is 14.3 Å². The van der Waals surface area contributed by atoms with Crippen LogP contribution in [0.15, 0.2) is 73.7 Å². The fourth-order valence-corrected chi connectivity index (χ4v) is 1.99. The van der Waals surface area contributed by atoms with Gasteiger partial charge in [0.25, 0.3) is 0 Å². The highest BCUT2D eigenvalue weighted by Gasteiger charge is 2.17. The Balaban J connectivity index is 2.11. The zero-order valence-electron chi connectivity index (χ0n) is 14.9. The van der Waals surface area contributed by atoms with Crippen molar-refractivity contribution in [1.29, 1.82) is 0 Å². The van der Waals surface area contributed by atoms with Gasteiger partial charge in [0.05, 0.1) is 0 Å². The molecule has 0 amide bonds. The van der Waals surface area contributed by atoms with Crippen LogP contribution in [0, 0.1) is 11.6 Å². The Morgan fingerprint density at radius 1 is 1.00 bits per heavy atom. The predicted octanol–water partition coefficient (Wildman–Crippen LogP) is 4.69. The van der Waals surface area contributed by atoms with Crippen molar-refractivity contribution in [2.45, 2.75) is 6.92 Å². The third-order valence-electron chi connectivity index (χ3n) is 3.37. The maximum Gasteiger partial charge on any atom is 0.338 e. The number of halogens is 2. The average Bonchev–Trinajstić information content (AvgIpc) is 2.69. The van der Waals surface area contributed by atoms with Crippen molar-refractivity contribution in [3.8, 4) is 22.6 Å². The minimum Gasteiger partial charge on any atom is -0.462 e. The number of ether oxygens (including phenoxy) is 3. The molecule has 0 atom stereocenters. The molecule has 0 bridgehead atoms. The summed E-state index contributed by atoms with van der Waals surface area (Å²) in [4.78, 5) is 22.3. The summed E-state index contributed by atoms with van der Waals surface area (Å²) in [6.45, 7) is 8.13.